The van der Waals surface area contributed by atoms with Gasteiger partial charge in [0.25, 0.3) is 5.91 Å². The number of nitrogens with zero attached hydrogens (tertiary/aromatic N) is 4. The van der Waals surface area contributed by atoms with Crippen LogP contribution in [0.2, 0.25) is 0 Å². The van der Waals surface area contributed by atoms with E-state index >= 15 is 0 Å². The maximum Gasteiger partial charge on any atom is 0.273 e. The van der Waals surface area contributed by atoms with Crippen LogP contribution in [-0.2, 0) is 4.79 Å². The summed E-state index contributed by atoms with van der Waals surface area (Å²) in [7, 11) is 0. The van der Waals surface area contributed by atoms with E-state index in [1.807, 2.05) is 55.3 Å². The van der Waals surface area contributed by atoms with E-state index < -0.39 is 5.54 Å². The zero-order chi connectivity index (χ0) is 16.8. The van der Waals surface area contributed by atoms with Gasteiger partial charge in [-0.25, -0.2) is 4.98 Å². The van der Waals surface area contributed by atoms with E-state index in [2.05, 4.69) is 4.98 Å². The third-order valence-corrected chi connectivity index (χ3v) is 4.27. The van der Waals surface area contributed by atoms with Crippen molar-refractivity contribution in [1.29, 1.82) is 0 Å². The van der Waals surface area contributed by atoms with Gasteiger partial charge in [-0.2, -0.15) is 0 Å². The molecule has 23 heavy (non-hydrogen) atoms. The summed E-state index contributed by atoms with van der Waals surface area (Å²) in [5, 5.41) is 0. The summed E-state index contributed by atoms with van der Waals surface area (Å²) in [6.07, 6.45) is 3.50. The van der Waals surface area contributed by atoms with E-state index in [1.165, 1.54) is 0 Å². The lowest BCUT2D eigenvalue weighted by Gasteiger charge is -2.48. The standard InChI is InChI=1S/C17H22N4O2/c1-12(2)21-15(22)9-20(10-17(21,3)4)16(23)14-8-13-6-5-7-19(13)11-18-14/h5-8,11-12H,9-10H2,1-4H3. The van der Waals surface area contributed by atoms with Crippen molar-refractivity contribution in [3.8, 4) is 0 Å². The SMILES string of the molecule is CC(C)N1C(=O)CN(C(=O)c2cc3cccn3cn2)CC1(C)C. The second-order valence-corrected chi connectivity index (χ2v) is 6.95. The Morgan fingerprint density at radius 3 is 2.74 bits per heavy atom. The van der Waals surface area contributed by atoms with Gasteiger partial charge in [-0.1, -0.05) is 0 Å². The monoisotopic (exact) mass is 314 g/mol. The molecule has 3 rings (SSSR count). The van der Waals surface area contributed by atoms with Gasteiger partial charge in [-0.15, -0.1) is 0 Å². The zero-order valence-electron chi connectivity index (χ0n) is 14.0. The minimum atomic E-state index is -0.391. The van der Waals surface area contributed by atoms with Crippen LogP contribution in [0, 0.1) is 0 Å². The predicted octanol–water partition coefficient (Wildman–Crippen LogP) is 1.81. The molecule has 0 unspecified atom stereocenters. The minimum Gasteiger partial charge on any atom is -0.332 e. The molecule has 0 saturated carbocycles. The lowest BCUT2D eigenvalue weighted by Crippen LogP contribution is -2.64. The first-order valence-corrected chi connectivity index (χ1v) is 7.84. The summed E-state index contributed by atoms with van der Waals surface area (Å²) in [4.78, 5) is 32.9. The Kier molecular flexibility index (Phi) is 3.62. The van der Waals surface area contributed by atoms with Crippen LogP contribution in [0.4, 0.5) is 0 Å². The van der Waals surface area contributed by atoms with Crippen LogP contribution in [0.15, 0.2) is 30.7 Å². The van der Waals surface area contributed by atoms with Gasteiger partial charge in [0.15, 0.2) is 0 Å². The maximum absolute atomic E-state index is 12.8. The first-order valence-electron chi connectivity index (χ1n) is 7.84. The van der Waals surface area contributed by atoms with Crippen molar-refractivity contribution in [2.75, 3.05) is 13.1 Å². The summed E-state index contributed by atoms with van der Waals surface area (Å²) in [6.45, 7) is 8.60. The third-order valence-electron chi connectivity index (χ3n) is 4.27. The molecule has 2 amide bonds. The van der Waals surface area contributed by atoms with Gasteiger partial charge < -0.3 is 14.2 Å². The number of carbonyl (C=O) groups excluding carboxylic acids is 2. The van der Waals surface area contributed by atoms with Crippen LogP contribution in [0.1, 0.15) is 38.2 Å². The molecule has 6 nitrogen and oxygen atoms in total. The molecule has 0 bridgehead atoms. The molecule has 1 saturated heterocycles. The molecule has 0 aromatic carbocycles. The summed E-state index contributed by atoms with van der Waals surface area (Å²) in [6, 6.07) is 5.70. The van der Waals surface area contributed by atoms with Crippen LogP contribution >= 0.6 is 0 Å². The molecule has 0 N–H and O–H groups in total. The highest BCUT2D eigenvalue weighted by Gasteiger charge is 2.41. The average molecular weight is 314 g/mol. The van der Waals surface area contributed by atoms with Crippen LogP contribution in [0.3, 0.4) is 0 Å². The topological polar surface area (TPSA) is 57.9 Å². The van der Waals surface area contributed by atoms with Crippen LogP contribution < -0.4 is 0 Å². The Bertz CT molecular complexity index is 763. The molecule has 1 fully saturated rings. The number of fused-ring (bicyclic) bond motifs is 1. The zero-order valence-corrected chi connectivity index (χ0v) is 14.0. The van der Waals surface area contributed by atoms with Gasteiger partial charge in [0.2, 0.25) is 5.91 Å². The van der Waals surface area contributed by atoms with E-state index in [-0.39, 0.29) is 24.4 Å². The highest BCUT2D eigenvalue weighted by molar-refractivity contribution is 5.96. The summed E-state index contributed by atoms with van der Waals surface area (Å²) in [5.41, 5.74) is 0.894. The Balaban J connectivity index is 1.87. The number of amides is 2. The normalized spacial score (nSPS) is 18.0. The number of hydrogen-bond acceptors (Lipinski definition) is 3. The second kappa shape index (κ2) is 5.37. The fraction of sp³-hybridized carbons (Fsp3) is 0.471. The smallest absolute Gasteiger partial charge is 0.273 e. The lowest BCUT2D eigenvalue weighted by molar-refractivity contribution is -0.146. The molecule has 2 aromatic heterocycles. The van der Waals surface area contributed by atoms with E-state index in [1.54, 1.807) is 17.3 Å². The van der Waals surface area contributed by atoms with Gasteiger partial charge >= 0.3 is 0 Å². The fourth-order valence-electron chi connectivity index (χ4n) is 3.52. The minimum absolute atomic E-state index is 0.0200. The fourth-order valence-corrected chi connectivity index (χ4v) is 3.52. The van der Waals surface area contributed by atoms with Crippen molar-refractivity contribution in [3.63, 3.8) is 0 Å². The second-order valence-electron chi connectivity index (χ2n) is 6.95. The van der Waals surface area contributed by atoms with Crippen LogP contribution in [0.5, 0.6) is 0 Å². The Labute approximate surface area is 135 Å². The largest absolute Gasteiger partial charge is 0.332 e. The van der Waals surface area contributed by atoms with Gasteiger partial charge in [0, 0.05) is 24.3 Å². The number of rotatable bonds is 2. The highest BCUT2D eigenvalue weighted by Crippen LogP contribution is 2.25. The molecule has 0 atom stereocenters. The molecule has 3 heterocycles. The molecule has 1 aliphatic heterocycles. The molecular formula is C17H22N4O2. The van der Waals surface area contributed by atoms with Gasteiger partial charge in [-0.05, 0) is 45.9 Å². The van der Waals surface area contributed by atoms with Crippen molar-refractivity contribution < 1.29 is 9.59 Å². The lowest BCUT2D eigenvalue weighted by atomic mass is 9.96. The van der Waals surface area contributed by atoms with Gasteiger partial charge in [0.05, 0.1) is 11.9 Å². The summed E-state index contributed by atoms with van der Waals surface area (Å²) < 4.78 is 1.85. The van der Waals surface area contributed by atoms with E-state index in [0.29, 0.717) is 12.2 Å². The van der Waals surface area contributed by atoms with Crippen molar-refractivity contribution in [3.05, 3.63) is 36.4 Å². The Hall–Kier alpha value is -2.37. The molecule has 2 aromatic rings. The summed E-state index contributed by atoms with van der Waals surface area (Å²) in [5.74, 6) is -0.216. The average Bonchev–Trinajstić information content (AvgIpc) is 2.91. The van der Waals surface area contributed by atoms with Crippen molar-refractivity contribution in [2.45, 2.75) is 39.3 Å². The van der Waals surface area contributed by atoms with Crippen molar-refractivity contribution in [2.24, 2.45) is 0 Å². The molecular weight excluding hydrogens is 292 g/mol. The Morgan fingerprint density at radius 1 is 1.35 bits per heavy atom. The molecule has 122 valence electrons. The van der Waals surface area contributed by atoms with Crippen LogP contribution in [-0.4, -0.2) is 55.7 Å². The van der Waals surface area contributed by atoms with Crippen molar-refractivity contribution >= 4 is 17.3 Å². The predicted molar refractivity (Wildman–Crippen MR) is 87.2 cm³/mol. The van der Waals surface area contributed by atoms with E-state index in [9.17, 15) is 9.59 Å². The first kappa shape index (κ1) is 15.5. The summed E-state index contributed by atoms with van der Waals surface area (Å²) >= 11 is 0. The van der Waals surface area contributed by atoms with Gasteiger partial charge in [-0.3, -0.25) is 9.59 Å². The maximum atomic E-state index is 12.8. The quantitative estimate of drug-likeness (QED) is 0.849. The molecule has 1 aliphatic rings. The number of aromatic nitrogens is 2. The van der Waals surface area contributed by atoms with Gasteiger partial charge in [0.1, 0.15) is 12.2 Å². The number of carbonyl (C=O) groups is 2. The number of hydrogen-bond donors (Lipinski definition) is 0. The molecule has 0 aliphatic carbocycles. The van der Waals surface area contributed by atoms with E-state index in [0.717, 1.165) is 5.52 Å². The number of piperazine rings is 1. The highest BCUT2D eigenvalue weighted by atomic mass is 16.2. The van der Waals surface area contributed by atoms with Crippen LogP contribution in [0.25, 0.3) is 5.52 Å². The van der Waals surface area contributed by atoms with E-state index in [4.69, 9.17) is 0 Å². The molecule has 0 radical (unpaired) electrons. The molecule has 6 heteroatoms. The first-order chi connectivity index (χ1) is 10.8. The molecule has 0 spiro atoms. The third kappa shape index (κ3) is 2.69. The Morgan fingerprint density at radius 2 is 2.09 bits per heavy atom. The van der Waals surface area contributed by atoms with Crippen molar-refractivity contribution in [1.82, 2.24) is 19.2 Å².